The summed E-state index contributed by atoms with van der Waals surface area (Å²) < 4.78 is 0. The molecule has 14 heteroatoms. The monoisotopic (exact) mass is 417 g/mol. The average molecular weight is 417 g/mol. The van der Waals surface area contributed by atoms with Crippen molar-refractivity contribution in [2.75, 3.05) is 4.90 Å². The van der Waals surface area contributed by atoms with Crippen molar-refractivity contribution in [3.63, 3.8) is 0 Å². The molecule has 3 heterocycles. The fourth-order valence-electron chi connectivity index (χ4n) is 3.12. The van der Waals surface area contributed by atoms with Crippen LogP contribution in [0.3, 0.4) is 0 Å². The van der Waals surface area contributed by atoms with Crippen LogP contribution in [0.2, 0.25) is 0 Å². The summed E-state index contributed by atoms with van der Waals surface area (Å²) in [5.74, 6) is -1.40. The number of nitrogens with zero attached hydrogens (tertiary/aromatic N) is 5. The first-order chi connectivity index (χ1) is 14.4. The van der Waals surface area contributed by atoms with Crippen LogP contribution in [0, 0.1) is 0 Å². The number of carbonyl (C=O) groups is 4. The number of fused-ring (bicyclic) bond motifs is 1. The molecule has 0 spiro atoms. The lowest BCUT2D eigenvalue weighted by molar-refractivity contribution is -0.127. The second-order valence-electron chi connectivity index (χ2n) is 6.47. The van der Waals surface area contributed by atoms with E-state index >= 15 is 0 Å². The maximum atomic E-state index is 13.2. The zero-order valence-corrected chi connectivity index (χ0v) is 15.6. The summed E-state index contributed by atoms with van der Waals surface area (Å²) in [7, 11) is 0. The number of primary amides is 1. The average Bonchev–Trinajstić information content (AvgIpc) is 3.36. The molecule has 0 radical (unpaired) electrons. The van der Waals surface area contributed by atoms with Gasteiger partial charge in [0.25, 0.3) is 5.91 Å². The number of aromatic amines is 1. The normalized spacial score (nSPS) is 15.9. The van der Waals surface area contributed by atoms with Crippen LogP contribution in [-0.4, -0.2) is 66.6 Å². The Kier molecular flexibility index (Phi) is 6.14. The van der Waals surface area contributed by atoms with Gasteiger partial charge >= 0.3 is 6.09 Å². The molecule has 0 bridgehead atoms. The number of nitrogens with two attached hydrogens (primary N) is 1. The van der Waals surface area contributed by atoms with E-state index in [1.165, 1.54) is 6.20 Å². The lowest BCUT2D eigenvalue weighted by atomic mass is 10.1. The first-order valence-electron chi connectivity index (χ1n) is 8.91. The Labute approximate surface area is 169 Å². The van der Waals surface area contributed by atoms with E-state index in [1.54, 1.807) is 12.1 Å². The van der Waals surface area contributed by atoms with E-state index in [0.29, 0.717) is 5.56 Å². The Bertz CT molecular complexity index is 948. The number of rotatable bonds is 8. The maximum Gasteiger partial charge on any atom is 0.405 e. The molecule has 0 aliphatic carbocycles. The van der Waals surface area contributed by atoms with Crippen molar-refractivity contribution in [3.8, 4) is 0 Å². The zero-order valence-electron chi connectivity index (χ0n) is 15.6. The van der Waals surface area contributed by atoms with Crippen LogP contribution in [-0.2, 0) is 27.3 Å². The van der Waals surface area contributed by atoms with Crippen molar-refractivity contribution in [3.05, 3.63) is 29.7 Å². The van der Waals surface area contributed by atoms with Crippen molar-refractivity contribution < 1.29 is 24.3 Å². The third kappa shape index (κ3) is 4.65. The predicted molar refractivity (Wildman–Crippen MR) is 98.6 cm³/mol. The molecule has 3 rings (SSSR count). The molecule has 158 valence electrons. The van der Waals surface area contributed by atoms with Gasteiger partial charge in [-0.05, 0) is 18.1 Å². The van der Waals surface area contributed by atoms with Gasteiger partial charge in [-0.2, -0.15) is 5.21 Å². The molecule has 0 unspecified atom stereocenters. The smallest absolute Gasteiger partial charge is 0.405 e. The van der Waals surface area contributed by atoms with Gasteiger partial charge in [-0.3, -0.25) is 19.3 Å². The van der Waals surface area contributed by atoms with Crippen molar-refractivity contribution in [1.29, 1.82) is 0 Å². The Morgan fingerprint density at radius 2 is 2.17 bits per heavy atom. The summed E-state index contributed by atoms with van der Waals surface area (Å²) in [5.41, 5.74) is 5.78. The number of aromatic nitrogens is 5. The molecule has 2 aromatic rings. The fourth-order valence-corrected chi connectivity index (χ4v) is 3.12. The molecule has 0 saturated heterocycles. The molecule has 2 atom stereocenters. The molecule has 2 aromatic heterocycles. The van der Waals surface area contributed by atoms with E-state index in [4.69, 9.17) is 10.8 Å². The SMILES string of the molecule is NC(=O)CC[C@H](NC(=O)O)C(=O)N1c2ncccc2C[C@H]1C(=O)NCc1nn[nH]n1. The Morgan fingerprint density at radius 1 is 1.37 bits per heavy atom. The number of hydrogen-bond acceptors (Lipinski definition) is 8. The van der Waals surface area contributed by atoms with Crippen LogP contribution in [0.5, 0.6) is 0 Å². The first-order valence-corrected chi connectivity index (χ1v) is 8.91. The summed E-state index contributed by atoms with van der Waals surface area (Å²) in [6.07, 6.45) is -0.175. The van der Waals surface area contributed by atoms with E-state index in [-0.39, 0.29) is 37.4 Å². The second-order valence-corrected chi connectivity index (χ2v) is 6.47. The molecular formula is C16H19N9O5. The maximum absolute atomic E-state index is 13.2. The molecule has 0 aromatic carbocycles. The highest BCUT2D eigenvalue weighted by Gasteiger charge is 2.42. The number of nitrogens with one attached hydrogen (secondary N) is 3. The van der Waals surface area contributed by atoms with E-state index in [0.717, 1.165) is 4.90 Å². The highest BCUT2D eigenvalue weighted by molar-refractivity contribution is 6.05. The summed E-state index contributed by atoms with van der Waals surface area (Å²) in [4.78, 5) is 53.6. The fraction of sp³-hybridized carbons (Fsp3) is 0.375. The second kappa shape index (κ2) is 8.93. The van der Waals surface area contributed by atoms with Crippen molar-refractivity contribution >= 4 is 29.6 Å². The topological polar surface area (TPSA) is 209 Å². The highest BCUT2D eigenvalue weighted by Crippen LogP contribution is 2.31. The third-order valence-electron chi connectivity index (χ3n) is 4.45. The van der Waals surface area contributed by atoms with Crippen molar-refractivity contribution in [2.24, 2.45) is 5.73 Å². The molecular weight excluding hydrogens is 398 g/mol. The number of carboxylic acid groups (broad SMARTS) is 1. The van der Waals surface area contributed by atoms with Crippen LogP contribution in [0.4, 0.5) is 10.6 Å². The van der Waals surface area contributed by atoms with E-state index < -0.39 is 35.9 Å². The number of anilines is 1. The summed E-state index contributed by atoms with van der Waals surface area (Å²) in [6.45, 7) is -0.0177. The van der Waals surface area contributed by atoms with Gasteiger partial charge < -0.3 is 21.5 Å². The van der Waals surface area contributed by atoms with Gasteiger partial charge in [-0.25, -0.2) is 9.78 Å². The van der Waals surface area contributed by atoms with Gasteiger partial charge in [-0.1, -0.05) is 11.3 Å². The number of H-pyrrole nitrogens is 1. The van der Waals surface area contributed by atoms with Gasteiger partial charge in [0.1, 0.15) is 17.9 Å². The van der Waals surface area contributed by atoms with E-state index in [1.807, 2.05) is 0 Å². The predicted octanol–water partition coefficient (Wildman–Crippen LogP) is -1.93. The molecule has 0 saturated carbocycles. The third-order valence-corrected chi connectivity index (χ3v) is 4.45. The van der Waals surface area contributed by atoms with Crippen molar-refractivity contribution in [1.82, 2.24) is 36.2 Å². The molecule has 6 N–H and O–H groups in total. The number of tetrazole rings is 1. The lowest BCUT2D eigenvalue weighted by Gasteiger charge is -2.28. The summed E-state index contributed by atoms with van der Waals surface area (Å²) in [6, 6.07) is 1.13. The Morgan fingerprint density at radius 3 is 2.83 bits per heavy atom. The molecule has 30 heavy (non-hydrogen) atoms. The van der Waals surface area contributed by atoms with Crippen molar-refractivity contribution in [2.45, 2.75) is 37.9 Å². The van der Waals surface area contributed by atoms with Crippen LogP contribution in [0.25, 0.3) is 0 Å². The largest absolute Gasteiger partial charge is 0.465 e. The summed E-state index contributed by atoms with van der Waals surface area (Å²) >= 11 is 0. The summed E-state index contributed by atoms with van der Waals surface area (Å²) in [5, 5.41) is 26.9. The zero-order chi connectivity index (χ0) is 21.7. The number of pyridine rings is 1. The Hall–Kier alpha value is -4.10. The number of carbonyl (C=O) groups excluding carboxylic acids is 3. The number of hydrogen-bond donors (Lipinski definition) is 5. The Balaban J connectivity index is 1.83. The molecule has 1 aliphatic rings. The van der Waals surface area contributed by atoms with Crippen LogP contribution >= 0.6 is 0 Å². The van der Waals surface area contributed by atoms with Crippen LogP contribution < -0.4 is 21.3 Å². The van der Waals surface area contributed by atoms with Gasteiger partial charge in [0.2, 0.25) is 11.8 Å². The van der Waals surface area contributed by atoms with Crippen LogP contribution in [0.1, 0.15) is 24.2 Å². The molecule has 1 aliphatic heterocycles. The molecule has 14 nitrogen and oxygen atoms in total. The van der Waals surface area contributed by atoms with Gasteiger partial charge in [0.15, 0.2) is 5.82 Å². The van der Waals surface area contributed by atoms with Crippen LogP contribution in [0.15, 0.2) is 18.3 Å². The van der Waals surface area contributed by atoms with E-state index in [9.17, 15) is 19.2 Å². The quantitative estimate of drug-likeness (QED) is 0.323. The van der Waals surface area contributed by atoms with Gasteiger partial charge in [-0.15, -0.1) is 10.2 Å². The molecule has 0 fully saturated rings. The molecule has 4 amide bonds. The first kappa shape index (κ1) is 20.6. The standard InChI is InChI=1S/C16H19N9O5/c17-11(26)4-3-9(20-16(29)30)15(28)25-10(6-8-2-1-5-18-13(8)25)14(27)19-7-12-21-23-24-22-12/h1-2,5,9-10,20H,3-4,6-7H2,(H2,17,26)(H,19,27)(H,29,30)(H,21,22,23,24)/t9-,10-/m0/s1. The highest BCUT2D eigenvalue weighted by atomic mass is 16.4. The minimum Gasteiger partial charge on any atom is -0.465 e. The lowest BCUT2D eigenvalue weighted by Crippen LogP contribution is -2.55. The van der Waals surface area contributed by atoms with Gasteiger partial charge in [0.05, 0.1) is 6.54 Å². The van der Waals surface area contributed by atoms with E-state index in [2.05, 4.69) is 36.2 Å². The van der Waals surface area contributed by atoms with Gasteiger partial charge in [0, 0.05) is 19.0 Å². The number of amides is 4. The minimum atomic E-state index is -1.45. The minimum absolute atomic E-state index is 0.0177.